The Bertz CT molecular complexity index is 598. The molecule has 1 aromatic heterocycles. The highest BCUT2D eigenvalue weighted by Gasteiger charge is 2.14. The van der Waals surface area contributed by atoms with Crippen molar-refractivity contribution in [3.05, 3.63) is 12.1 Å². The van der Waals surface area contributed by atoms with Crippen molar-refractivity contribution in [3.63, 3.8) is 0 Å². The molecule has 0 aliphatic heterocycles. The molecule has 0 spiro atoms. The van der Waals surface area contributed by atoms with E-state index >= 15 is 0 Å². The van der Waals surface area contributed by atoms with E-state index in [1.807, 2.05) is 28.5 Å². The Morgan fingerprint density at radius 2 is 1.95 bits per heavy atom. The molecule has 0 aliphatic carbocycles. The van der Waals surface area contributed by atoms with Gasteiger partial charge in [0.2, 0.25) is 5.95 Å². The zero-order chi connectivity index (χ0) is 14.7. The summed E-state index contributed by atoms with van der Waals surface area (Å²) in [5.74, 6) is 1.89. The van der Waals surface area contributed by atoms with Crippen LogP contribution in [-0.2, 0) is 6.54 Å². The number of aryl methyl sites for hydroxylation is 1. The first-order valence-corrected chi connectivity index (χ1v) is 7.80. The molecule has 0 saturated carbocycles. The molecule has 5 nitrogen and oxygen atoms in total. The molecule has 2 aromatic rings. The fourth-order valence-electron chi connectivity index (χ4n) is 2.13. The van der Waals surface area contributed by atoms with Crippen molar-refractivity contribution < 1.29 is 9.47 Å². The van der Waals surface area contributed by atoms with Gasteiger partial charge >= 0.3 is 0 Å². The number of anilines is 1. The first-order chi connectivity index (χ1) is 9.60. The molecule has 2 rings (SSSR count). The Morgan fingerprint density at radius 1 is 1.30 bits per heavy atom. The lowest BCUT2D eigenvalue weighted by Gasteiger charge is -2.12. The highest BCUT2D eigenvalue weighted by molar-refractivity contribution is 7.99. The minimum absolute atomic E-state index is 0.531. The zero-order valence-electron chi connectivity index (χ0n) is 12.3. The number of hydrogen-bond acceptors (Lipinski definition) is 5. The molecule has 2 N–H and O–H groups in total. The third-order valence-corrected chi connectivity index (χ3v) is 4.49. The molecule has 1 heterocycles. The lowest BCUT2D eigenvalue weighted by Crippen LogP contribution is -2.07. The van der Waals surface area contributed by atoms with Crippen LogP contribution in [0.1, 0.15) is 13.3 Å². The van der Waals surface area contributed by atoms with Gasteiger partial charge in [-0.15, -0.1) is 0 Å². The molecule has 110 valence electrons. The lowest BCUT2D eigenvalue weighted by molar-refractivity contribution is 0.355. The van der Waals surface area contributed by atoms with Crippen molar-refractivity contribution in [1.82, 2.24) is 9.55 Å². The van der Waals surface area contributed by atoms with Gasteiger partial charge in [0, 0.05) is 23.9 Å². The number of thioether (sulfide) groups is 1. The van der Waals surface area contributed by atoms with E-state index in [1.165, 1.54) is 0 Å². The summed E-state index contributed by atoms with van der Waals surface area (Å²) in [6, 6.07) is 3.79. The highest BCUT2D eigenvalue weighted by Crippen LogP contribution is 2.33. The van der Waals surface area contributed by atoms with Crippen LogP contribution < -0.4 is 15.2 Å². The number of nitrogens with two attached hydrogens (primary N) is 1. The number of ether oxygens (including phenoxy) is 2. The summed E-state index contributed by atoms with van der Waals surface area (Å²) in [5.41, 5.74) is 7.84. The third kappa shape index (κ3) is 2.80. The van der Waals surface area contributed by atoms with Crippen molar-refractivity contribution in [3.8, 4) is 11.5 Å². The topological polar surface area (TPSA) is 62.3 Å². The number of nitrogen functional groups attached to an aromatic ring is 1. The van der Waals surface area contributed by atoms with Gasteiger partial charge in [0.25, 0.3) is 0 Å². The van der Waals surface area contributed by atoms with Crippen LogP contribution in [0.15, 0.2) is 12.1 Å². The van der Waals surface area contributed by atoms with Crippen molar-refractivity contribution in [2.45, 2.75) is 25.1 Å². The Hall–Kier alpha value is -1.56. The van der Waals surface area contributed by atoms with Crippen molar-refractivity contribution in [2.24, 2.45) is 0 Å². The first-order valence-electron chi connectivity index (χ1n) is 6.51. The Balaban J connectivity index is 2.41. The van der Waals surface area contributed by atoms with Gasteiger partial charge in [0.05, 0.1) is 25.3 Å². The smallest absolute Gasteiger partial charge is 0.201 e. The summed E-state index contributed by atoms with van der Waals surface area (Å²) in [6.45, 7) is 3.06. The van der Waals surface area contributed by atoms with E-state index in [-0.39, 0.29) is 0 Å². The van der Waals surface area contributed by atoms with Gasteiger partial charge in [0.15, 0.2) is 11.5 Å². The van der Waals surface area contributed by atoms with Gasteiger partial charge in [-0.3, -0.25) is 0 Å². The van der Waals surface area contributed by atoms with E-state index in [9.17, 15) is 0 Å². The standard InChI is InChI=1S/C14H21N3O2S/c1-9(20-4)5-6-17-11-8-13(19-3)12(18-2)7-10(11)16-14(17)15/h7-9H,5-6H2,1-4H3,(H2,15,16). The molecule has 1 atom stereocenters. The molecule has 0 aliphatic rings. The van der Waals surface area contributed by atoms with E-state index in [2.05, 4.69) is 18.2 Å². The second-order valence-electron chi connectivity index (χ2n) is 4.65. The van der Waals surface area contributed by atoms with Gasteiger partial charge < -0.3 is 19.8 Å². The minimum Gasteiger partial charge on any atom is -0.493 e. The summed E-state index contributed by atoms with van der Waals surface area (Å²) in [4.78, 5) is 4.40. The molecule has 20 heavy (non-hydrogen) atoms. The quantitative estimate of drug-likeness (QED) is 0.888. The Labute approximate surface area is 123 Å². The van der Waals surface area contributed by atoms with Crippen molar-refractivity contribution in [1.29, 1.82) is 0 Å². The largest absolute Gasteiger partial charge is 0.493 e. The molecule has 0 bridgehead atoms. The van der Waals surface area contributed by atoms with Crippen LogP contribution in [-0.4, -0.2) is 35.3 Å². The van der Waals surface area contributed by atoms with Crippen LogP contribution in [0.4, 0.5) is 5.95 Å². The number of fused-ring (bicyclic) bond motifs is 1. The average molecular weight is 295 g/mol. The van der Waals surface area contributed by atoms with Gasteiger partial charge in [-0.25, -0.2) is 4.98 Å². The Morgan fingerprint density at radius 3 is 2.55 bits per heavy atom. The summed E-state index contributed by atoms with van der Waals surface area (Å²) in [5, 5.41) is 0.590. The number of imidazole rings is 1. The monoisotopic (exact) mass is 295 g/mol. The molecule has 1 unspecified atom stereocenters. The van der Waals surface area contributed by atoms with Gasteiger partial charge in [-0.2, -0.15) is 11.8 Å². The number of benzene rings is 1. The molecule has 0 saturated heterocycles. The van der Waals surface area contributed by atoms with E-state index in [1.54, 1.807) is 14.2 Å². The third-order valence-electron chi connectivity index (χ3n) is 3.44. The number of aromatic nitrogens is 2. The fraction of sp³-hybridized carbons (Fsp3) is 0.500. The summed E-state index contributed by atoms with van der Waals surface area (Å²) >= 11 is 1.85. The lowest BCUT2D eigenvalue weighted by atomic mass is 10.2. The SMILES string of the molecule is COc1cc2nc(N)n(CCC(C)SC)c2cc1OC. The van der Waals surface area contributed by atoms with Crippen LogP contribution in [0.5, 0.6) is 11.5 Å². The number of methoxy groups -OCH3 is 2. The maximum Gasteiger partial charge on any atom is 0.201 e. The van der Waals surface area contributed by atoms with Crippen molar-refractivity contribution in [2.75, 3.05) is 26.2 Å². The highest BCUT2D eigenvalue weighted by atomic mass is 32.2. The minimum atomic E-state index is 0.531. The normalized spacial score (nSPS) is 12.6. The number of nitrogens with zero attached hydrogens (tertiary/aromatic N) is 2. The van der Waals surface area contributed by atoms with Crippen molar-refractivity contribution >= 4 is 28.7 Å². The molecular formula is C14H21N3O2S. The number of hydrogen-bond donors (Lipinski definition) is 1. The Kier molecular flexibility index (Phi) is 4.65. The molecule has 0 amide bonds. The molecule has 0 fully saturated rings. The second kappa shape index (κ2) is 6.26. The maximum atomic E-state index is 6.03. The fourth-order valence-corrected chi connectivity index (χ4v) is 2.48. The van der Waals surface area contributed by atoms with E-state index in [0.29, 0.717) is 22.7 Å². The van der Waals surface area contributed by atoms with Crippen LogP contribution >= 0.6 is 11.8 Å². The van der Waals surface area contributed by atoms with E-state index in [0.717, 1.165) is 24.0 Å². The van der Waals surface area contributed by atoms with Gasteiger partial charge in [-0.05, 0) is 12.7 Å². The summed E-state index contributed by atoms with van der Waals surface area (Å²) < 4.78 is 12.7. The van der Waals surface area contributed by atoms with E-state index < -0.39 is 0 Å². The predicted molar refractivity (Wildman–Crippen MR) is 84.8 cm³/mol. The summed E-state index contributed by atoms with van der Waals surface area (Å²) in [7, 11) is 3.24. The molecular weight excluding hydrogens is 274 g/mol. The van der Waals surface area contributed by atoms with Crippen LogP contribution in [0.2, 0.25) is 0 Å². The van der Waals surface area contributed by atoms with Gasteiger partial charge in [-0.1, -0.05) is 6.92 Å². The second-order valence-corrected chi connectivity index (χ2v) is 5.93. The molecule has 1 aromatic carbocycles. The molecule has 0 radical (unpaired) electrons. The van der Waals surface area contributed by atoms with Gasteiger partial charge in [0.1, 0.15) is 0 Å². The molecule has 6 heteroatoms. The van der Waals surface area contributed by atoms with Crippen LogP contribution in [0.25, 0.3) is 11.0 Å². The zero-order valence-corrected chi connectivity index (χ0v) is 13.2. The number of rotatable bonds is 6. The maximum absolute atomic E-state index is 6.03. The predicted octanol–water partition coefficient (Wildman–Crippen LogP) is 2.78. The summed E-state index contributed by atoms with van der Waals surface area (Å²) in [6.07, 6.45) is 3.17. The van der Waals surface area contributed by atoms with E-state index in [4.69, 9.17) is 15.2 Å². The first kappa shape index (κ1) is 14.8. The van der Waals surface area contributed by atoms with Crippen LogP contribution in [0, 0.1) is 0 Å². The van der Waals surface area contributed by atoms with Crippen LogP contribution in [0.3, 0.4) is 0 Å². The average Bonchev–Trinajstić information content (AvgIpc) is 2.77.